The fourth-order valence-electron chi connectivity index (χ4n) is 3.70. The highest BCUT2D eigenvalue weighted by Crippen LogP contribution is 2.22. The molecule has 34 heavy (non-hydrogen) atoms. The van der Waals surface area contributed by atoms with Crippen LogP contribution >= 0.6 is 0 Å². The number of ether oxygens (including phenoxy) is 2. The van der Waals surface area contributed by atoms with Crippen molar-refractivity contribution >= 4 is 29.4 Å². The lowest BCUT2D eigenvalue weighted by Crippen LogP contribution is -2.48. The number of benzene rings is 2. The number of nitrogens with one attached hydrogen (secondary N) is 1. The molecule has 0 unspecified atom stereocenters. The number of piperazine rings is 1. The summed E-state index contributed by atoms with van der Waals surface area (Å²) in [4.78, 5) is 25.9. The first-order valence-corrected chi connectivity index (χ1v) is 11.2. The lowest BCUT2D eigenvalue weighted by molar-refractivity contribution is -0.126. The average molecular weight is 460 g/mol. The van der Waals surface area contributed by atoms with Gasteiger partial charge >= 0.3 is 0 Å². The Morgan fingerprint density at radius 1 is 0.912 bits per heavy atom. The number of aromatic nitrogens is 2. The summed E-state index contributed by atoms with van der Waals surface area (Å²) < 4.78 is 10.4. The van der Waals surface area contributed by atoms with Crippen molar-refractivity contribution < 1.29 is 14.3 Å². The van der Waals surface area contributed by atoms with Gasteiger partial charge in [-0.25, -0.2) is 4.98 Å². The van der Waals surface area contributed by atoms with Crippen molar-refractivity contribution in [3.05, 3.63) is 71.9 Å². The number of aryl methyl sites for hydroxylation is 1. The van der Waals surface area contributed by atoms with Crippen LogP contribution in [0.1, 0.15) is 11.3 Å². The molecule has 1 amide bonds. The predicted molar refractivity (Wildman–Crippen MR) is 134 cm³/mol. The number of amides is 1. The molecular weight excluding hydrogens is 430 g/mol. The van der Waals surface area contributed by atoms with Crippen LogP contribution in [0.4, 0.5) is 17.5 Å². The molecule has 0 bridgehead atoms. The fourth-order valence-corrected chi connectivity index (χ4v) is 3.70. The van der Waals surface area contributed by atoms with Crippen molar-refractivity contribution in [2.24, 2.45) is 0 Å². The van der Waals surface area contributed by atoms with Crippen molar-refractivity contribution in [1.29, 1.82) is 0 Å². The van der Waals surface area contributed by atoms with Crippen molar-refractivity contribution in [3.8, 4) is 11.5 Å². The van der Waals surface area contributed by atoms with E-state index in [2.05, 4.69) is 15.2 Å². The third kappa shape index (κ3) is 5.83. The summed E-state index contributed by atoms with van der Waals surface area (Å²) in [5.41, 5.74) is 2.75. The number of methoxy groups -OCH3 is 2. The number of carbonyl (C=O) groups is 1. The van der Waals surface area contributed by atoms with E-state index in [9.17, 15) is 4.79 Å². The summed E-state index contributed by atoms with van der Waals surface area (Å²) >= 11 is 0. The lowest BCUT2D eigenvalue weighted by Gasteiger charge is -2.34. The highest BCUT2D eigenvalue weighted by Gasteiger charge is 2.22. The van der Waals surface area contributed by atoms with Gasteiger partial charge < -0.3 is 24.6 Å². The van der Waals surface area contributed by atoms with Crippen molar-refractivity contribution in [2.75, 3.05) is 50.6 Å². The van der Waals surface area contributed by atoms with E-state index in [-0.39, 0.29) is 5.91 Å². The zero-order valence-electron chi connectivity index (χ0n) is 19.7. The summed E-state index contributed by atoms with van der Waals surface area (Å²) in [6.45, 7) is 4.53. The molecule has 1 aromatic heterocycles. The second kappa shape index (κ2) is 10.7. The molecule has 1 fully saturated rings. The SMILES string of the molecule is COc1ccc(/C=C/C(=O)N2CCN(c3nc(C)cc(Nc4ccc(OC)cc4)n3)CC2)cc1. The van der Waals surface area contributed by atoms with Crippen LogP contribution in [0.2, 0.25) is 0 Å². The van der Waals surface area contributed by atoms with Gasteiger partial charge in [0.15, 0.2) is 0 Å². The molecule has 0 spiro atoms. The Morgan fingerprint density at radius 2 is 1.53 bits per heavy atom. The van der Waals surface area contributed by atoms with Crippen LogP contribution in [0, 0.1) is 6.92 Å². The predicted octanol–water partition coefficient (Wildman–Crippen LogP) is 3.91. The fraction of sp³-hybridized carbons (Fsp3) is 0.269. The average Bonchev–Trinajstić information content (AvgIpc) is 2.88. The van der Waals surface area contributed by atoms with Crippen LogP contribution in [0.3, 0.4) is 0 Å². The Kier molecular flexibility index (Phi) is 7.27. The van der Waals surface area contributed by atoms with Gasteiger partial charge in [-0.1, -0.05) is 12.1 Å². The molecule has 0 saturated carbocycles. The van der Waals surface area contributed by atoms with E-state index in [1.54, 1.807) is 20.3 Å². The van der Waals surface area contributed by atoms with E-state index < -0.39 is 0 Å². The molecule has 1 saturated heterocycles. The highest BCUT2D eigenvalue weighted by atomic mass is 16.5. The third-order valence-corrected chi connectivity index (χ3v) is 5.61. The van der Waals surface area contributed by atoms with Crippen LogP contribution in [0.25, 0.3) is 6.08 Å². The van der Waals surface area contributed by atoms with Gasteiger partial charge in [-0.05, 0) is 55.0 Å². The quantitative estimate of drug-likeness (QED) is 0.537. The monoisotopic (exact) mass is 459 g/mol. The molecule has 8 nitrogen and oxygen atoms in total. The molecular formula is C26H29N5O3. The zero-order chi connectivity index (χ0) is 23.9. The van der Waals surface area contributed by atoms with Crippen molar-refractivity contribution in [3.63, 3.8) is 0 Å². The first kappa shape index (κ1) is 23.1. The Labute approximate surface area is 199 Å². The molecule has 3 aromatic rings. The maximum Gasteiger partial charge on any atom is 0.246 e. The number of hydrogen-bond donors (Lipinski definition) is 1. The Bertz CT molecular complexity index is 1140. The summed E-state index contributed by atoms with van der Waals surface area (Å²) in [7, 11) is 3.28. The third-order valence-electron chi connectivity index (χ3n) is 5.61. The van der Waals surface area contributed by atoms with E-state index in [4.69, 9.17) is 14.5 Å². The minimum Gasteiger partial charge on any atom is -0.497 e. The van der Waals surface area contributed by atoms with Crippen LogP contribution in [-0.2, 0) is 4.79 Å². The maximum absolute atomic E-state index is 12.6. The standard InChI is InChI=1S/C26H29N5O3/c1-19-18-24(28-21-7-11-23(34-3)12-8-21)29-26(27-19)31-16-14-30(15-17-31)25(32)13-6-20-4-9-22(33-2)10-5-20/h4-13,18H,14-17H2,1-3H3,(H,27,28,29)/b13-6+. The van der Waals surface area contributed by atoms with Crippen molar-refractivity contribution in [1.82, 2.24) is 14.9 Å². The summed E-state index contributed by atoms with van der Waals surface area (Å²) in [6.07, 6.45) is 3.45. The second-order valence-electron chi connectivity index (χ2n) is 7.97. The van der Waals surface area contributed by atoms with Gasteiger partial charge in [0, 0.05) is 49.7 Å². The normalized spacial score (nSPS) is 13.7. The van der Waals surface area contributed by atoms with Crippen LogP contribution in [0.15, 0.2) is 60.7 Å². The minimum absolute atomic E-state index is 0.00231. The molecule has 1 aliphatic rings. The number of carbonyl (C=O) groups excluding carboxylic acids is 1. The number of rotatable bonds is 7. The molecule has 0 radical (unpaired) electrons. The molecule has 1 N–H and O–H groups in total. The molecule has 8 heteroatoms. The van der Waals surface area contributed by atoms with Gasteiger partial charge in [0.2, 0.25) is 11.9 Å². The number of hydrogen-bond acceptors (Lipinski definition) is 7. The largest absolute Gasteiger partial charge is 0.497 e. The lowest BCUT2D eigenvalue weighted by atomic mass is 10.2. The zero-order valence-corrected chi connectivity index (χ0v) is 19.7. The van der Waals surface area contributed by atoms with E-state index >= 15 is 0 Å². The Hall–Kier alpha value is -4.07. The van der Waals surface area contributed by atoms with Gasteiger partial charge in [0.1, 0.15) is 17.3 Å². The Balaban J connectivity index is 1.35. The van der Waals surface area contributed by atoms with E-state index in [0.29, 0.717) is 32.1 Å². The number of nitrogens with zero attached hydrogens (tertiary/aromatic N) is 4. The maximum atomic E-state index is 12.6. The summed E-state index contributed by atoms with van der Waals surface area (Å²) in [6, 6.07) is 17.2. The van der Waals surface area contributed by atoms with E-state index in [0.717, 1.165) is 34.3 Å². The summed E-state index contributed by atoms with van der Waals surface area (Å²) in [5.74, 6) is 2.99. The van der Waals surface area contributed by atoms with Crippen LogP contribution in [-0.4, -0.2) is 61.2 Å². The van der Waals surface area contributed by atoms with Crippen LogP contribution in [0.5, 0.6) is 11.5 Å². The molecule has 0 aliphatic carbocycles. The minimum atomic E-state index is 0.00231. The first-order chi connectivity index (χ1) is 16.5. The van der Waals surface area contributed by atoms with E-state index in [1.807, 2.05) is 72.5 Å². The Morgan fingerprint density at radius 3 is 2.15 bits per heavy atom. The van der Waals surface area contributed by atoms with E-state index in [1.165, 1.54) is 0 Å². The molecule has 2 heterocycles. The van der Waals surface area contributed by atoms with Gasteiger partial charge in [-0.2, -0.15) is 4.98 Å². The van der Waals surface area contributed by atoms with Crippen molar-refractivity contribution in [2.45, 2.75) is 6.92 Å². The molecule has 0 atom stereocenters. The topological polar surface area (TPSA) is 79.8 Å². The highest BCUT2D eigenvalue weighted by molar-refractivity contribution is 5.92. The molecule has 1 aliphatic heterocycles. The first-order valence-electron chi connectivity index (χ1n) is 11.2. The second-order valence-corrected chi connectivity index (χ2v) is 7.97. The number of anilines is 3. The summed E-state index contributed by atoms with van der Waals surface area (Å²) in [5, 5.41) is 3.33. The molecule has 4 rings (SSSR count). The van der Waals surface area contributed by atoms with Gasteiger partial charge in [0.05, 0.1) is 14.2 Å². The molecule has 2 aromatic carbocycles. The van der Waals surface area contributed by atoms with Gasteiger partial charge in [0.25, 0.3) is 0 Å². The van der Waals surface area contributed by atoms with Gasteiger partial charge in [-0.15, -0.1) is 0 Å². The van der Waals surface area contributed by atoms with Gasteiger partial charge in [-0.3, -0.25) is 4.79 Å². The van der Waals surface area contributed by atoms with Crippen LogP contribution < -0.4 is 19.7 Å². The molecule has 176 valence electrons. The smallest absolute Gasteiger partial charge is 0.246 e.